The predicted octanol–water partition coefficient (Wildman–Crippen LogP) is 3.71. The van der Waals surface area contributed by atoms with Crippen LogP contribution in [0.2, 0.25) is 0 Å². The normalized spacial score (nSPS) is 11.4. The number of para-hydroxylation sites is 2. The van der Waals surface area contributed by atoms with Gasteiger partial charge in [0.2, 0.25) is 0 Å². The minimum atomic E-state index is -0.247. The highest BCUT2D eigenvalue weighted by atomic mass is 32.2. The summed E-state index contributed by atoms with van der Waals surface area (Å²) in [4.78, 5) is 4.31. The Morgan fingerprint density at radius 3 is 2.80 bits per heavy atom. The lowest BCUT2D eigenvalue weighted by molar-refractivity contribution is 0.416. The van der Waals surface area contributed by atoms with Crippen LogP contribution in [0.1, 0.15) is 5.56 Å². The van der Waals surface area contributed by atoms with Crippen molar-refractivity contribution in [1.29, 1.82) is 0 Å². The molecular weight excluding hydrogens is 275 g/mol. The van der Waals surface area contributed by atoms with Gasteiger partial charge in [0.05, 0.1) is 7.11 Å². The molecule has 0 aromatic heterocycles. The summed E-state index contributed by atoms with van der Waals surface area (Å²) in [6, 6.07) is 13.8. The summed E-state index contributed by atoms with van der Waals surface area (Å²) in [5.74, 6) is 0.993. The first-order valence-electron chi connectivity index (χ1n) is 6.03. The van der Waals surface area contributed by atoms with Gasteiger partial charge in [-0.2, -0.15) is 0 Å². The van der Waals surface area contributed by atoms with Gasteiger partial charge in [-0.05, 0) is 29.8 Å². The smallest absolute Gasteiger partial charge is 0.159 e. The molecule has 2 aromatic carbocycles. The number of halogens is 1. The van der Waals surface area contributed by atoms with Crippen molar-refractivity contribution in [3.8, 4) is 5.75 Å². The largest absolute Gasteiger partial charge is 0.494 e. The summed E-state index contributed by atoms with van der Waals surface area (Å²) in [5.41, 5.74) is 7.43. The monoisotopic (exact) mass is 290 g/mol. The molecule has 0 saturated carbocycles. The Labute approximate surface area is 121 Å². The van der Waals surface area contributed by atoms with Gasteiger partial charge in [-0.3, -0.25) is 0 Å². The zero-order valence-electron chi connectivity index (χ0n) is 11.0. The Kier molecular flexibility index (Phi) is 5.01. The lowest BCUT2D eigenvalue weighted by atomic mass is 10.2. The molecule has 0 radical (unpaired) electrons. The van der Waals surface area contributed by atoms with Gasteiger partial charge in [0.15, 0.2) is 5.17 Å². The first kappa shape index (κ1) is 14.4. The average molecular weight is 290 g/mol. The Morgan fingerprint density at radius 1 is 1.25 bits per heavy atom. The van der Waals surface area contributed by atoms with Crippen LogP contribution in [0.5, 0.6) is 5.75 Å². The van der Waals surface area contributed by atoms with Crippen LogP contribution in [0, 0.1) is 5.82 Å². The quantitative estimate of drug-likeness (QED) is 0.689. The summed E-state index contributed by atoms with van der Waals surface area (Å²) in [6.07, 6.45) is 0. The second-order valence-electron chi connectivity index (χ2n) is 4.04. The van der Waals surface area contributed by atoms with E-state index >= 15 is 0 Å². The molecule has 104 valence electrons. The van der Waals surface area contributed by atoms with Gasteiger partial charge in [0.1, 0.15) is 17.3 Å². The zero-order chi connectivity index (χ0) is 14.4. The first-order chi connectivity index (χ1) is 9.69. The highest BCUT2D eigenvalue weighted by molar-refractivity contribution is 8.13. The maximum atomic E-state index is 13.0. The van der Waals surface area contributed by atoms with Crippen LogP contribution < -0.4 is 10.5 Å². The van der Waals surface area contributed by atoms with E-state index in [1.807, 2.05) is 30.3 Å². The van der Waals surface area contributed by atoms with Gasteiger partial charge >= 0.3 is 0 Å². The summed E-state index contributed by atoms with van der Waals surface area (Å²) >= 11 is 1.36. The molecule has 0 aliphatic rings. The number of hydrogen-bond donors (Lipinski definition) is 1. The van der Waals surface area contributed by atoms with E-state index in [0.29, 0.717) is 22.4 Å². The van der Waals surface area contributed by atoms with E-state index in [1.165, 1.54) is 23.9 Å². The summed E-state index contributed by atoms with van der Waals surface area (Å²) in [7, 11) is 1.59. The molecule has 20 heavy (non-hydrogen) atoms. The lowest BCUT2D eigenvalue weighted by Gasteiger charge is -2.05. The van der Waals surface area contributed by atoms with Crippen LogP contribution in [0.3, 0.4) is 0 Å². The maximum absolute atomic E-state index is 13.0. The zero-order valence-corrected chi connectivity index (χ0v) is 11.9. The van der Waals surface area contributed by atoms with E-state index < -0.39 is 0 Å². The fraction of sp³-hybridized carbons (Fsp3) is 0.133. The minimum Gasteiger partial charge on any atom is -0.494 e. The molecule has 2 rings (SSSR count). The van der Waals surface area contributed by atoms with Crippen molar-refractivity contribution < 1.29 is 9.13 Å². The molecule has 0 heterocycles. The van der Waals surface area contributed by atoms with Gasteiger partial charge in [0, 0.05) is 5.75 Å². The number of amidine groups is 1. The number of nitrogens with two attached hydrogens (primary N) is 1. The van der Waals surface area contributed by atoms with Crippen LogP contribution in [-0.4, -0.2) is 12.3 Å². The van der Waals surface area contributed by atoms with E-state index in [9.17, 15) is 4.39 Å². The number of nitrogens with zero attached hydrogens (tertiary/aromatic N) is 1. The number of ether oxygens (including phenoxy) is 1. The van der Waals surface area contributed by atoms with Crippen molar-refractivity contribution in [3.63, 3.8) is 0 Å². The number of methoxy groups -OCH3 is 1. The fourth-order valence-electron chi connectivity index (χ4n) is 1.66. The number of aliphatic imine (C=N–C) groups is 1. The third-order valence-corrected chi connectivity index (χ3v) is 3.46. The number of rotatable bonds is 4. The predicted molar refractivity (Wildman–Crippen MR) is 82.0 cm³/mol. The SMILES string of the molecule is COc1ccccc1N=C(N)SCc1cccc(F)c1. The molecule has 0 fully saturated rings. The highest BCUT2D eigenvalue weighted by Crippen LogP contribution is 2.27. The first-order valence-corrected chi connectivity index (χ1v) is 7.02. The Balaban J connectivity index is 2.04. The van der Waals surface area contributed by atoms with Crippen molar-refractivity contribution in [1.82, 2.24) is 0 Å². The number of hydrogen-bond acceptors (Lipinski definition) is 3. The molecule has 2 aromatic rings. The van der Waals surface area contributed by atoms with Crippen molar-refractivity contribution >= 4 is 22.6 Å². The van der Waals surface area contributed by atoms with Gasteiger partial charge in [-0.25, -0.2) is 9.38 Å². The van der Waals surface area contributed by atoms with E-state index in [2.05, 4.69) is 4.99 Å². The molecule has 0 saturated heterocycles. The lowest BCUT2D eigenvalue weighted by Crippen LogP contribution is -2.06. The average Bonchev–Trinajstić information content (AvgIpc) is 2.46. The van der Waals surface area contributed by atoms with Crippen molar-refractivity contribution in [3.05, 3.63) is 59.9 Å². The molecule has 0 bridgehead atoms. The second kappa shape index (κ2) is 6.96. The summed E-state index contributed by atoms with van der Waals surface area (Å²) < 4.78 is 18.3. The molecular formula is C15H15FN2OS. The topological polar surface area (TPSA) is 47.6 Å². The Bertz CT molecular complexity index is 616. The van der Waals surface area contributed by atoms with Crippen molar-refractivity contribution in [2.75, 3.05) is 7.11 Å². The summed E-state index contributed by atoms with van der Waals surface area (Å²) in [6.45, 7) is 0. The molecule has 5 heteroatoms. The third-order valence-electron chi connectivity index (χ3n) is 2.59. The van der Waals surface area contributed by atoms with Crippen LogP contribution in [0.25, 0.3) is 0 Å². The summed E-state index contributed by atoms with van der Waals surface area (Å²) in [5, 5.41) is 0.416. The van der Waals surface area contributed by atoms with Crippen LogP contribution in [-0.2, 0) is 5.75 Å². The standard InChI is InChI=1S/C15H15FN2OS/c1-19-14-8-3-2-7-13(14)18-15(17)20-10-11-5-4-6-12(16)9-11/h2-9H,10H2,1H3,(H2,17,18). The van der Waals surface area contributed by atoms with Gasteiger partial charge in [-0.1, -0.05) is 36.0 Å². The Morgan fingerprint density at radius 2 is 2.05 bits per heavy atom. The maximum Gasteiger partial charge on any atom is 0.159 e. The highest BCUT2D eigenvalue weighted by Gasteiger charge is 2.02. The van der Waals surface area contributed by atoms with Crippen molar-refractivity contribution in [2.45, 2.75) is 5.75 Å². The van der Waals surface area contributed by atoms with E-state index in [1.54, 1.807) is 13.2 Å². The van der Waals surface area contributed by atoms with Crippen LogP contribution in [0.4, 0.5) is 10.1 Å². The second-order valence-corrected chi connectivity index (χ2v) is 5.04. The molecule has 0 atom stereocenters. The molecule has 0 unspecified atom stereocenters. The molecule has 0 spiro atoms. The van der Waals surface area contributed by atoms with Crippen LogP contribution in [0.15, 0.2) is 53.5 Å². The van der Waals surface area contributed by atoms with E-state index in [4.69, 9.17) is 10.5 Å². The van der Waals surface area contributed by atoms with Gasteiger partial charge in [-0.15, -0.1) is 0 Å². The molecule has 0 aliphatic heterocycles. The van der Waals surface area contributed by atoms with Crippen LogP contribution >= 0.6 is 11.8 Å². The van der Waals surface area contributed by atoms with Gasteiger partial charge in [0.25, 0.3) is 0 Å². The van der Waals surface area contributed by atoms with Crippen molar-refractivity contribution in [2.24, 2.45) is 10.7 Å². The third kappa shape index (κ3) is 3.99. The van der Waals surface area contributed by atoms with Gasteiger partial charge < -0.3 is 10.5 Å². The fourth-order valence-corrected chi connectivity index (χ4v) is 2.31. The molecule has 2 N–H and O–H groups in total. The van der Waals surface area contributed by atoms with E-state index in [-0.39, 0.29) is 5.82 Å². The Hall–Kier alpha value is -2.01. The molecule has 0 aliphatic carbocycles. The number of thioether (sulfide) groups is 1. The van der Waals surface area contributed by atoms with E-state index in [0.717, 1.165) is 5.56 Å². The molecule has 0 amide bonds. The molecule has 3 nitrogen and oxygen atoms in total. The number of benzene rings is 2. The minimum absolute atomic E-state index is 0.247.